The monoisotopic (exact) mass is 294 g/mol. The number of morpholine rings is 1. The van der Waals surface area contributed by atoms with Crippen LogP contribution in [0.3, 0.4) is 0 Å². The van der Waals surface area contributed by atoms with Crippen LogP contribution in [0.1, 0.15) is 24.4 Å². The molecule has 2 aliphatic heterocycles. The maximum atomic E-state index is 13.4. The fourth-order valence-corrected chi connectivity index (χ4v) is 2.74. The molecular formula is C15H19FN2O3. The van der Waals surface area contributed by atoms with Gasteiger partial charge in [0.1, 0.15) is 11.6 Å². The number of carbonyl (C=O) groups excluding carboxylic acids is 1. The van der Waals surface area contributed by atoms with Crippen molar-refractivity contribution in [1.82, 2.24) is 10.6 Å². The van der Waals surface area contributed by atoms with Crippen molar-refractivity contribution >= 4 is 5.91 Å². The summed E-state index contributed by atoms with van der Waals surface area (Å²) in [6.45, 7) is 2.52. The Morgan fingerprint density at radius 3 is 3.14 bits per heavy atom. The molecule has 0 radical (unpaired) electrons. The molecular weight excluding hydrogens is 275 g/mol. The first-order valence-electron chi connectivity index (χ1n) is 7.25. The lowest BCUT2D eigenvalue weighted by Crippen LogP contribution is -2.45. The Hall–Kier alpha value is -1.66. The van der Waals surface area contributed by atoms with E-state index in [4.69, 9.17) is 9.47 Å². The van der Waals surface area contributed by atoms with E-state index in [0.717, 1.165) is 6.54 Å². The number of hydrogen-bond acceptors (Lipinski definition) is 4. The highest BCUT2D eigenvalue weighted by molar-refractivity contribution is 5.77. The molecule has 0 saturated carbocycles. The van der Waals surface area contributed by atoms with Gasteiger partial charge in [-0.25, -0.2) is 4.39 Å². The van der Waals surface area contributed by atoms with Gasteiger partial charge in [-0.05, 0) is 18.2 Å². The van der Waals surface area contributed by atoms with E-state index in [-0.39, 0.29) is 23.8 Å². The van der Waals surface area contributed by atoms with Crippen molar-refractivity contribution in [3.05, 3.63) is 29.6 Å². The van der Waals surface area contributed by atoms with Crippen LogP contribution in [-0.2, 0) is 9.53 Å². The van der Waals surface area contributed by atoms with Gasteiger partial charge in [-0.15, -0.1) is 0 Å². The summed E-state index contributed by atoms with van der Waals surface area (Å²) >= 11 is 0. The molecule has 2 aliphatic rings. The highest BCUT2D eigenvalue weighted by Crippen LogP contribution is 2.32. The van der Waals surface area contributed by atoms with Crippen LogP contribution in [0.4, 0.5) is 4.39 Å². The van der Waals surface area contributed by atoms with E-state index in [2.05, 4.69) is 10.6 Å². The third-order valence-electron chi connectivity index (χ3n) is 3.78. The molecule has 1 fully saturated rings. The third kappa shape index (κ3) is 3.51. The molecule has 0 spiro atoms. The normalized spacial score (nSPS) is 24.8. The zero-order valence-corrected chi connectivity index (χ0v) is 11.7. The van der Waals surface area contributed by atoms with E-state index in [0.29, 0.717) is 44.0 Å². The fourth-order valence-electron chi connectivity index (χ4n) is 2.74. The Balaban J connectivity index is 1.63. The predicted molar refractivity (Wildman–Crippen MR) is 74.6 cm³/mol. The van der Waals surface area contributed by atoms with Crippen molar-refractivity contribution in [2.75, 3.05) is 26.4 Å². The van der Waals surface area contributed by atoms with Gasteiger partial charge in [0.25, 0.3) is 0 Å². The van der Waals surface area contributed by atoms with E-state index in [9.17, 15) is 9.18 Å². The molecule has 114 valence electrons. The number of carbonyl (C=O) groups is 1. The number of hydrogen-bond donors (Lipinski definition) is 2. The second-order valence-corrected chi connectivity index (χ2v) is 5.37. The van der Waals surface area contributed by atoms with Gasteiger partial charge < -0.3 is 20.1 Å². The molecule has 2 N–H and O–H groups in total. The number of ether oxygens (including phenoxy) is 2. The highest BCUT2D eigenvalue weighted by atomic mass is 19.1. The first kappa shape index (κ1) is 14.3. The number of rotatable bonds is 3. The second kappa shape index (κ2) is 6.41. The molecule has 1 saturated heterocycles. The lowest BCUT2D eigenvalue weighted by molar-refractivity contribution is -0.123. The van der Waals surface area contributed by atoms with Crippen molar-refractivity contribution in [3.63, 3.8) is 0 Å². The van der Waals surface area contributed by atoms with Crippen LogP contribution < -0.4 is 15.4 Å². The van der Waals surface area contributed by atoms with Crippen LogP contribution in [0.15, 0.2) is 18.2 Å². The van der Waals surface area contributed by atoms with E-state index >= 15 is 0 Å². The summed E-state index contributed by atoms with van der Waals surface area (Å²) in [5.41, 5.74) is 0.711. The van der Waals surface area contributed by atoms with E-state index in [1.807, 2.05) is 0 Å². The molecule has 21 heavy (non-hydrogen) atoms. The lowest BCUT2D eigenvalue weighted by Gasteiger charge is -2.28. The average Bonchev–Trinajstić information content (AvgIpc) is 2.49. The number of halogens is 1. The van der Waals surface area contributed by atoms with E-state index < -0.39 is 0 Å². The Morgan fingerprint density at radius 1 is 1.43 bits per heavy atom. The topological polar surface area (TPSA) is 59.6 Å². The standard InChI is InChI=1S/C15H19FN2O3/c16-10-1-2-14-12(7-10)13(3-5-21-14)18-15(19)8-11-9-20-6-4-17-11/h1-2,7,11,13,17H,3-6,8-9H2,(H,18,19). The molecule has 0 bridgehead atoms. The quantitative estimate of drug-likeness (QED) is 0.878. The first-order valence-corrected chi connectivity index (χ1v) is 7.25. The van der Waals surface area contributed by atoms with Crippen molar-refractivity contribution in [2.24, 2.45) is 0 Å². The van der Waals surface area contributed by atoms with Gasteiger partial charge in [0.2, 0.25) is 5.91 Å². The molecule has 3 rings (SSSR count). The largest absolute Gasteiger partial charge is 0.493 e. The van der Waals surface area contributed by atoms with Gasteiger partial charge >= 0.3 is 0 Å². The second-order valence-electron chi connectivity index (χ2n) is 5.37. The summed E-state index contributed by atoms with van der Waals surface area (Å²) < 4.78 is 24.2. The van der Waals surface area contributed by atoms with Gasteiger partial charge in [-0.2, -0.15) is 0 Å². The molecule has 1 amide bonds. The van der Waals surface area contributed by atoms with Crippen molar-refractivity contribution in [3.8, 4) is 5.75 Å². The molecule has 5 nitrogen and oxygen atoms in total. The molecule has 2 atom stereocenters. The minimum absolute atomic E-state index is 0.0468. The van der Waals surface area contributed by atoms with Crippen LogP contribution in [0.25, 0.3) is 0 Å². The van der Waals surface area contributed by atoms with E-state index in [1.165, 1.54) is 12.1 Å². The van der Waals surface area contributed by atoms with Crippen LogP contribution >= 0.6 is 0 Å². The van der Waals surface area contributed by atoms with E-state index in [1.54, 1.807) is 6.07 Å². The van der Waals surface area contributed by atoms with Gasteiger partial charge in [0.05, 0.1) is 25.9 Å². The summed E-state index contributed by atoms with van der Waals surface area (Å²) in [7, 11) is 0. The number of nitrogens with one attached hydrogen (secondary N) is 2. The Kier molecular flexibility index (Phi) is 4.36. The molecule has 1 aromatic carbocycles. The van der Waals surface area contributed by atoms with Crippen LogP contribution in [0.5, 0.6) is 5.75 Å². The summed E-state index contributed by atoms with van der Waals surface area (Å²) in [6.07, 6.45) is 1.01. The molecule has 0 aliphatic carbocycles. The van der Waals surface area contributed by atoms with Crippen molar-refractivity contribution in [2.45, 2.75) is 24.9 Å². The molecule has 0 aromatic heterocycles. The maximum Gasteiger partial charge on any atom is 0.222 e. The van der Waals surface area contributed by atoms with Gasteiger partial charge in [0.15, 0.2) is 0 Å². The minimum Gasteiger partial charge on any atom is -0.493 e. The molecule has 1 aromatic rings. The summed E-state index contributed by atoms with van der Waals surface area (Å²) in [5.74, 6) is 0.271. The minimum atomic E-state index is -0.319. The Bertz CT molecular complexity index is 518. The lowest BCUT2D eigenvalue weighted by atomic mass is 10.00. The van der Waals surface area contributed by atoms with Crippen LogP contribution in [0.2, 0.25) is 0 Å². The van der Waals surface area contributed by atoms with Crippen LogP contribution in [-0.4, -0.2) is 38.3 Å². The number of fused-ring (bicyclic) bond motifs is 1. The Labute approximate surface area is 122 Å². The summed E-state index contributed by atoms with van der Waals surface area (Å²) in [4.78, 5) is 12.1. The molecule has 2 heterocycles. The van der Waals surface area contributed by atoms with Crippen LogP contribution in [0, 0.1) is 5.82 Å². The van der Waals surface area contributed by atoms with Gasteiger partial charge in [-0.1, -0.05) is 0 Å². The number of benzene rings is 1. The third-order valence-corrected chi connectivity index (χ3v) is 3.78. The van der Waals surface area contributed by atoms with Crippen molar-refractivity contribution < 1.29 is 18.7 Å². The maximum absolute atomic E-state index is 13.4. The Morgan fingerprint density at radius 2 is 2.33 bits per heavy atom. The summed E-state index contributed by atoms with van der Waals surface area (Å²) in [6, 6.07) is 4.26. The summed E-state index contributed by atoms with van der Waals surface area (Å²) in [5, 5.41) is 6.21. The van der Waals surface area contributed by atoms with Crippen molar-refractivity contribution in [1.29, 1.82) is 0 Å². The molecule has 6 heteroatoms. The van der Waals surface area contributed by atoms with Gasteiger partial charge in [0, 0.05) is 31.0 Å². The average molecular weight is 294 g/mol. The van der Waals surface area contributed by atoms with Gasteiger partial charge in [-0.3, -0.25) is 4.79 Å². The zero-order chi connectivity index (χ0) is 14.7. The first-order chi connectivity index (χ1) is 10.2. The molecule has 2 unspecified atom stereocenters. The predicted octanol–water partition coefficient (Wildman–Crippen LogP) is 1.14. The SMILES string of the molecule is O=C(CC1COCCN1)NC1CCOc2ccc(F)cc21. The fraction of sp³-hybridized carbons (Fsp3) is 0.533. The zero-order valence-electron chi connectivity index (χ0n) is 11.7. The number of amides is 1. The highest BCUT2D eigenvalue weighted by Gasteiger charge is 2.25. The smallest absolute Gasteiger partial charge is 0.222 e.